The molecule has 1 aromatic carbocycles. The number of benzene rings is 1. The number of nitrogens with one attached hydrogen (secondary N) is 1. The van der Waals surface area contributed by atoms with Gasteiger partial charge in [-0.15, -0.1) is 5.10 Å². The maximum Gasteiger partial charge on any atom is 0.129 e. The number of rotatable bonds is 5. The van der Waals surface area contributed by atoms with Crippen LogP contribution >= 0.6 is 11.5 Å². The van der Waals surface area contributed by atoms with Crippen molar-refractivity contribution in [3.05, 3.63) is 46.0 Å². The van der Waals surface area contributed by atoms with E-state index in [9.17, 15) is 8.78 Å². The Labute approximate surface area is 114 Å². The summed E-state index contributed by atoms with van der Waals surface area (Å²) in [5.41, 5.74) is 0.971. The van der Waals surface area contributed by atoms with Crippen LogP contribution in [0, 0.1) is 11.6 Å². The maximum atomic E-state index is 13.7. The van der Waals surface area contributed by atoms with Gasteiger partial charge in [-0.05, 0) is 43.6 Å². The zero-order valence-corrected chi connectivity index (χ0v) is 11.6. The SMILES string of the molecule is CCc1nnsc1C(Cc1c(F)cccc1F)NC. The second kappa shape index (κ2) is 6.16. The van der Waals surface area contributed by atoms with Crippen LogP contribution in [0.2, 0.25) is 0 Å². The summed E-state index contributed by atoms with van der Waals surface area (Å²) in [6, 6.07) is 3.74. The molecule has 0 fully saturated rings. The van der Waals surface area contributed by atoms with Crippen LogP contribution in [-0.2, 0) is 12.8 Å². The highest BCUT2D eigenvalue weighted by molar-refractivity contribution is 7.05. The lowest BCUT2D eigenvalue weighted by atomic mass is 10.0. The number of aromatic nitrogens is 2. The van der Waals surface area contributed by atoms with Crippen molar-refractivity contribution in [2.24, 2.45) is 0 Å². The minimum absolute atomic E-state index is 0.0947. The molecule has 0 aliphatic rings. The van der Waals surface area contributed by atoms with Crippen LogP contribution in [0.5, 0.6) is 0 Å². The number of halogens is 2. The fourth-order valence-electron chi connectivity index (χ4n) is 1.98. The van der Waals surface area contributed by atoms with Gasteiger partial charge in [-0.1, -0.05) is 17.5 Å². The topological polar surface area (TPSA) is 37.8 Å². The van der Waals surface area contributed by atoms with Crippen LogP contribution in [0.3, 0.4) is 0 Å². The third-order valence-corrected chi connectivity index (χ3v) is 3.94. The average molecular weight is 283 g/mol. The normalized spacial score (nSPS) is 12.6. The first-order valence-electron chi connectivity index (χ1n) is 6.08. The predicted molar refractivity (Wildman–Crippen MR) is 71.1 cm³/mol. The molecule has 2 rings (SSSR count). The summed E-state index contributed by atoms with van der Waals surface area (Å²) >= 11 is 1.27. The smallest absolute Gasteiger partial charge is 0.129 e. The molecule has 0 amide bonds. The second-order valence-electron chi connectivity index (χ2n) is 4.18. The van der Waals surface area contributed by atoms with Gasteiger partial charge in [0.05, 0.1) is 10.6 Å². The molecule has 0 aliphatic carbocycles. The lowest BCUT2D eigenvalue weighted by molar-refractivity contribution is 0.516. The molecule has 3 nitrogen and oxygen atoms in total. The number of likely N-dealkylation sites (N-methyl/N-ethyl adjacent to an activating group) is 1. The Morgan fingerprint density at radius 2 is 2.00 bits per heavy atom. The van der Waals surface area contributed by atoms with Crippen LogP contribution in [0.25, 0.3) is 0 Å². The van der Waals surface area contributed by atoms with E-state index in [1.54, 1.807) is 7.05 Å². The molecule has 6 heteroatoms. The zero-order chi connectivity index (χ0) is 13.8. The fraction of sp³-hybridized carbons (Fsp3) is 0.385. The van der Waals surface area contributed by atoms with Gasteiger partial charge >= 0.3 is 0 Å². The average Bonchev–Trinajstić information content (AvgIpc) is 2.87. The first-order chi connectivity index (χ1) is 9.17. The molecule has 1 heterocycles. The van der Waals surface area contributed by atoms with Gasteiger partial charge in [-0.3, -0.25) is 0 Å². The molecule has 102 valence electrons. The van der Waals surface area contributed by atoms with Crippen molar-refractivity contribution in [2.45, 2.75) is 25.8 Å². The van der Waals surface area contributed by atoms with E-state index in [2.05, 4.69) is 14.9 Å². The standard InChI is InChI=1S/C13H15F2N3S/c1-3-11-13(19-18-17-11)12(16-2)7-8-9(14)5-4-6-10(8)15/h4-6,12,16H,3,7H2,1-2H3. The van der Waals surface area contributed by atoms with Crippen LogP contribution in [0.15, 0.2) is 18.2 Å². The summed E-state index contributed by atoms with van der Waals surface area (Å²) in [6.45, 7) is 1.98. The van der Waals surface area contributed by atoms with Gasteiger partial charge in [-0.2, -0.15) is 0 Å². The molecule has 0 radical (unpaired) electrons. The summed E-state index contributed by atoms with van der Waals surface area (Å²) in [7, 11) is 1.77. The molecule has 1 unspecified atom stereocenters. The highest BCUT2D eigenvalue weighted by atomic mass is 32.1. The molecule has 0 saturated heterocycles. The Morgan fingerprint density at radius 1 is 1.32 bits per heavy atom. The molecule has 1 aromatic heterocycles. The molecule has 0 bridgehead atoms. The Kier molecular flexibility index (Phi) is 4.55. The van der Waals surface area contributed by atoms with E-state index in [1.807, 2.05) is 6.92 Å². The maximum absolute atomic E-state index is 13.7. The Morgan fingerprint density at radius 3 is 2.58 bits per heavy atom. The lowest BCUT2D eigenvalue weighted by Crippen LogP contribution is -2.20. The number of hydrogen-bond donors (Lipinski definition) is 1. The van der Waals surface area contributed by atoms with Crippen molar-refractivity contribution in [3.8, 4) is 0 Å². The fourth-order valence-corrected chi connectivity index (χ4v) is 2.83. The Hall–Kier alpha value is -1.40. The molecular formula is C13H15F2N3S. The molecule has 0 aliphatic heterocycles. The number of hydrogen-bond acceptors (Lipinski definition) is 4. The minimum Gasteiger partial charge on any atom is -0.312 e. The van der Waals surface area contributed by atoms with Gasteiger partial charge in [0.1, 0.15) is 11.6 Å². The van der Waals surface area contributed by atoms with E-state index in [0.29, 0.717) is 0 Å². The highest BCUT2D eigenvalue weighted by Gasteiger charge is 2.20. The van der Waals surface area contributed by atoms with E-state index in [1.165, 1.54) is 29.7 Å². The van der Waals surface area contributed by atoms with Gasteiger partial charge in [0.2, 0.25) is 0 Å². The van der Waals surface area contributed by atoms with E-state index >= 15 is 0 Å². The Balaban J connectivity index is 2.29. The van der Waals surface area contributed by atoms with E-state index in [0.717, 1.165) is 17.0 Å². The van der Waals surface area contributed by atoms with Crippen LogP contribution in [0.4, 0.5) is 8.78 Å². The van der Waals surface area contributed by atoms with Crippen molar-refractivity contribution >= 4 is 11.5 Å². The van der Waals surface area contributed by atoms with Crippen molar-refractivity contribution in [1.82, 2.24) is 14.9 Å². The molecule has 1 N–H and O–H groups in total. The predicted octanol–water partition coefficient (Wildman–Crippen LogP) is 2.88. The highest BCUT2D eigenvalue weighted by Crippen LogP contribution is 2.26. The second-order valence-corrected chi connectivity index (χ2v) is 4.97. The van der Waals surface area contributed by atoms with Crippen molar-refractivity contribution in [1.29, 1.82) is 0 Å². The van der Waals surface area contributed by atoms with Crippen LogP contribution in [-0.4, -0.2) is 16.6 Å². The minimum atomic E-state index is -0.518. The summed E-state index contributed by atoms with van der Waals surface area (Å²) in [4.78, 5) is 0.938. The number of aryl methyl sites for hydroxylation is 1. The van der Waals surface area contributed by atoms with E-state index in [-0.39, 0.29) is 18.0 Å². The molecule has 0 saturated carbocycles. The van der Waals surface area contributed by atoms with Crippen molar-refractivity contribution in [2.75, 3.05) is 7.05 Å². The lowest BCUT2D eigenvalue weighted by Gasteiger charge is -2.16. The molecule has 1 atom stereocenters. The van der Waals surface area contributed by atoms with E-state index in [4.69, 9.17) is 0 Å². The summed E-state index contributed by atoms with van der Waals surface area (Å²) in [5, 5.41) is 7.11. The van der Waals surface area contributed by atoms with Crippen LogP contribution < -0.4 is 5.32 Å². The zero-order valence-electron chi connectivity index (χ0n) is 10.8. The first-order valence-corrected chi connectivity index (χ1v) is 6.86. The van der Waals surface area contributed by atoms with Crippen molar-refractivity contribution in [3.63, 3.8) is 0 Å². The van der Waals surface area contributed by atoms with Gasteiger partial charge in [0.15, 0.2) is 0 Å². The quantitative estimate of drug-likeness (QED) is 0.917. The van der Waals surface area contributed by atoms with Gasteiger partial charge in [0.25, 0.3) is 0 Å². The molecular weight excluding hydrogens is 268 g/mol. The van der Waals surface area contributed by atoms with E-state index < -0.39 is 11.6 Å². The van der Waals surface area contributed by atoms with Crippen LogP contribution in [0.1, 0.15) is 29.1 Å². The van der Waals surface area contributed by atoms with Gasteiger partial charge < -0.3 is 5.32 Å². The number of nitrogens with zero attached hydrogens (tertiary/aromatic N) is 2. The Bertz CT molecular complexity index is 536. The molecule has 19 heavy (non-hydrogen) atoms. The summed E-state index contributed by atoms with van der Waals surface area (Å²) in [5.74, 6) is -1.04. The largest absolute Gasteiger partial charge is 0.312 e. The van der Waals surface area contributed by atoms with Gasteiger partial charge in [0, 0.05) is 11.6 Å². The molecule has 0 spiro atoms. The third kappa shape index (κ3) is 2.96. The summed E-state index contributed by atoms with van der Waals surface area (Å²) < 4.78 is 31.3. The molecule has 2 aromatic rings. The van der Waals surface area contributed by atoms with Gasteiger partial charge in [-0.25, -0.2) is 8.78 Å². The monoisotopic (exact) mass is 283 g/mol. The third-order valence-electron chi connectivity index (χ3n) is 3.05. The van der Waals surface area contributed by atoms with Crippen molar-refractivity contribution < 1.29 is 8.78 Å². The summed E-state index contributed by atoms with van der Waals surface area (Å²) in [6.07, 6.45) is 0.996. The first kappa shape index (κ1) is 14.0.